The van der Waals surface area contributed by atoms with Crippen molar-refractivity contribution in [2.45, 2.75) is 86.2 Å². The molecule has 0 heterocycles. The van der Waals surface area contributed by atoms with Crippen molar-refractivity contribution in [3.8, 4) is 0 Å². The summed E-state index contributed by atoms with van der Waals surface area (Å²) in [7, 11) is 0. The van der Waals surface area contributed by atoms with Gasteiger partial charge in [-0.1, -0.05) is 60.9 Å². The molecule has 0 aliphatic carbocycles. The zero-order chi connectivity index (χ0) is 26.6. The molecule has 0 fully saturated rings. The van der Waals surface area contributed by atoms with Crippen LogP contribution < -0.4 is 0 Å². The first-order valence-electron chi connectivity index (χ1n) is 12.5. The molecule has 6 unspecified atom stereocenters. The van der Waals surface area contributed by atoms with E-state index in [1.165, 1.54) is 6.08 Å². The Morgan fingerprint density at radius 3 is 1.44 bits per heavy atom. The minimum absolute atomic E-state index is 0.0765. The SMILES string of the molecule is C=C(F)/C(F)=C\C(=C)C(C)CCC(C)C(=C)/C(F)=C\C(=C)C(C)CCC(C)C(C)CCC(C)O. The molecule has 0 saturated carbocycles. The third kappa shape index (κ3) is 12.6. The summed E-state index contributed by atoms with van der Waals surface area (Å²) < 4.78 is 41.1. The van der Waals surface area contributed by atoms with Gasteiger partial charge in [-0.3, -0.25) is 0 Å². The van der Waals surface area contributed by atoms with Crippen LogP contribution >= 0.6 is 0 Å². The third-order valence-corrected chi connectivity index (χ3v) is 7.15. The van der Waals surface area contributed by atoms with Crippen LogP contribution in [-0.2, 0) is 0 Å². The molecule has 0 rings (SSSR count). The fraction of sp³-hybridized carbons (Fsp3) is 0.600. The molecule has 0 amide bonds. The van der Waals surface area contributed by atoms with E-state index >= 15 is 0 Å². The van der Waals surface area contributed by atoms with Gasteiger partial charge >= 0.3 is 0 Å². The highest BCUT2D eigenvalue weighted by Crippen LogP contribution is 2.31. The third-order valence-electron chi connectivity index (χ3n) is 7.15. The molecule has 0 aromatic rings. The smallest absolute Gasteiger partial charge is 0.158 e. The van der Waals surface area contributed by atoms with Gasteiger partial charge < -0.3 is 5.11 Å². The van der Waals surface area contributed by atoms with E-state index in [0.717, 1.165) is 37.3 Å². The largest absolute Gasteiger partial charge is 0.393 e. The molecule has 194 valence electrons. The van der Waals surface area contributed by atoms with E-state index in [9.17, 15) is 18.3 Å². The fourth-order valence-electron chi connectivity index (χ4n) is 3.65. The van der Waals surface area contributed by atoms with Crippen molar-refractivity contribution < 1.29 is 18.3 Å². The zero-order valence-electron chi connectivity index (χ0n) is 22.3. The van der Waals surface area contributed by atoms with Gasteiger partial charge in [0.1, 0.15) is 5.83 Å². The molecule has 0 radical (unpaired) electrons. The second-order valence-corrected chi connectivity index (χ2v) is 10.3. The number of allylic oxidation sites excluding steroid dienone is 8. The lowest BCUT2D eigenvalue weighted by Crippen LogP contribution is -2.12. The van der Waals surface area contributed by atoms with E-state index in [-0.39, 0.29) is 29.7 Å². The Morgan fingerprint density at radius 1 is 0.618 bits per heavy atom. The molecule has 4 heteroatoms. The van der Waals surface area contributed by atoms with Gasteiger partial charge in [0.25, 0.3) is 0 Å². The Bertz CT molecular complexity index is 759. The van der Waals surface area contributed by atoms with Crippen molar-refractivity contribution in [3.05, 3.63) is 72.7 Å². The van der Waals surface area contributed by atoms with Crippen LogP contribution in [0, 0.1) is 29.6 Å². The maximum Gasteiger partial charge on any atom is 0.158 e. The van der Waals surface area contributed by atoms with E-state index in [0.29, 0.717) is 35.8 Å². The summed E-state index contributed by atoms with van der Waals surface area (Å²) in [5, 5.41) is 9.48. The van der Waals surface area contributed by atoms with Gasteiger partial charge in [0.2, 0.25) is 0 Å². The van der Waals surface area contributed by atoms with Crippen molar-refractivity contribution in [1.29, 1.82) is 0 Å². The van der Waals surface area contributed by atoms with Gasteiger partial charge in [0, 0.05) is 0 Å². The summed E-state index contributed by atoms with van der Waals surface area (Å²) in [5.74, 6) is -1.44. The van der Waals surface area contributed by atoms with Gasteiger partial charge in [-0.2, -0.15) is 0 Å². The van der Waals surface area contributed by atoms with Crippen LogP contribution in [0.25, 0.3) is 0 Å². The van der Waals surface area contributed by atoms with Gasteiger partial charge in [-0.05, 0) is 104 Å². The Hall–Kier alpha value is -1.81. The fourth-order valence-corrected chi connectivity index (χ4v) is 3.65. The molecule has 1 nitrogen and oxygen atoms in total. The number of aliphatic hydroxyl groups excluding tert-OH is 1. The highest BCUT2D eigenvalue weighted by Gasteiger charge is 2.18. The zero-order valence-corrected chi connectivity index (χ0v) is 22.3. The van der Waals surface area contributed by atoms with Crippen LogP contribution in [0.3, 0.4) is 0 Å². The molecule has 0 aromatic heterocycles. The standard InChI is InChI=1S/C30H47F3O/c1-19(20(2)15-16-26(8)34)11-12-21(3)24(6)17-29(32)27(9)23(5)14-13-22(4)25(7)18-30(33)28(10)31/h17-23,26,34H,6-7,9-16H2,1-5,8H3/b29-17+,30-18+. The van der Waals surface area contributed by atoms with Crippen molar-refractivity contribution in [3.63, 3.8) is 0 Å². The molecule has 0 bridgehead atoms. The number of aliphatic hydroxyl groups is 1. The van der Waals surface area contributed by atoms with E-state index < -0.39 is 11.7 Å². The first-order valence-corrected chi connectivity index (χ1v) is 12.5. The van der Waals surface area contributed by atoms with E-state index in [1.54, 1.807) is 0 Å². The highest BCUT2D eigenvalue weighted by atomic mass is 19.2. The minimum atomic E-state index is -1.11. The lowest BCUT2D eigenvalue weighted by Gasteiger charge is -2.22. The van der Waals surface area contributed by atoms with E-state index in [4.69, 9.17) is 0 Å². The molecule has 0 saturated heterocycles. The number of hydrogen-bond acceptors (Lipinski definition) is 1. The maximum absolute atomic E-state index is 14.9. The van der Waals surface area contributed by atoms with Crippen LogP contribution in [-0.4, -0.2) is 11.2 Å². The van der Waals surface area contributed by atoms with Crippen LogP contribution in [0.1, 0.15) is 80.1 Å². The normalized spacial score (nSPS) is 17.9. The van der Waals surface area contributed by atoms with Crippen molar-refractivity contribution in [1.82, 2.24) is 0 Å². The minimum Gasteiger partial charge on any atom is -0.393 e. The summed E-state index contributed by atoms with van der Waals surface area (Å²) in [6, 6.07) is 0. The molecule has 0 aliphatic rings. The average molecular weight is 481 g/mol. The number of rotatable bonds is 17. The van der Waals surface area contributed by atoms with E-state index in [2.05, 4.69) is 47.1 Å². The van der Waals surface area contributed by atoms with Gasteiger partial charge in [0.05, 0.1) is 6.10 Å². The lowest BCUT2D eigenvalue weighted by molar-refractivity contribution is 0.166. The van der Waals surface area contributed by atoms with Crippen LogP contribution in [0.15, 0.2) is 72.7 Å². The Kier molecular flexibility index (Phi) is 15.1. The molecule has 34 heavy (non-hydrogen) atoms. The van der Waals surface area contributed by atoms with Crippen molar-refractivity contribution >= 4 is 0 Å². The first kappa shape index (κ1) is 32.2. The molecule has 6 atom stereocenters. The van der Waals surface area contributed by atoms with Gasteiger partial charge in [0.15, 0.2) is 11.7 Å². The predicted molar refractivity (Wildman–Crippen MR) is 141 cm³/mol. The van der Waals surface area contributed by atoms with Gasteiger partial charge in [-0.25, -0.2) is 13.2 Å². The summed E-state index contributed by atoms with van der Waals surface area (Å²) in [6.45, 7) is 26.9. The van der Waals surface area contributed by atoms with Crippen LogP contribution in [0.5, 0.6) is 0 Å². The Balaban J connectivity index is 4.71. The monoisotopic (exact) mass is 480 g/mol. The molecule has 0 aliphatic heterocycles. The topological polar surface area (TPSA) is 20.2 Å². The first-order chi connectivity index (χ1) is 15.7. The predicted octanol–water partition coefficient (Wildman–Crippen LogP) is 9.75. The molecule has 1 N–H and O–H groups in total. The Morgan fingerprint density at radius 2 is 1.00 bits per heavy atom. The van der Waals surface area contributed by atoms with Gasteiger partial charge in [-0.15, -0.1) is 0 Å². The lowest BCUT2D eigenvalue weighted by atomic mass is 9.84. The summed E-state index contributed by atoms with van der Waals surface area (Å²) in [5.41, 5.74) is 1.65. The Labute approximate surface area is 206 Å². The molecule has 0 spiro atoms. The molecular weight excluding hydrogens is 433 g/mol. The van der Waals surface area contributed by atoms with Crippen LogP contribution in [0.4, 0.5) is 13.2 Å². The van der Waals surface area contributed by atoms with Crippen molar-refractivity contribution in [2.75, 3.05) is 0 Å². The second kappa shape index (κ2) is 16.0. The average Bonchev–Trinajstić information content (AvgIpc) is 2.77. The maximum atomic E-state index is 14.9. The number of hydrogen-bond donors (Lipinski definition) is 1. The second-order valence-electron chi connectivity index (χ2n) is 10.3. The summed E-state index contributed by atoms with van der Waals surface area (Å²) in [4.78, 5) is 0. The summed E-state index contributed by atoms with van der Waals surface area (Å²) in [6.07, 6.45) is 7.37. The van der Waals surface area contributed by atoms with Crippen molar-refractivity contribution in [2.24, 2.45) is 29.6 Å². The van der Waals surface area contributed by atoms with E-state index in [1.807, 2.05) is 20.8 Å². The molecule has 0 aromatic carbocycles. The number of halogens is 3. The van der Waals surface area contributed by atoms with Crippen LogP contribution in [0.2, 0.25) is 0 Å². The highest BCUT2D eigenvalue weighted by molar-refractivity contribution is 5.32. The summed E-state index contributed by atoms with van der Waals surface area (Å²) >= 11 is 0. The molecular formula is C30H47F3O. The quantitative estimate of drug-likeness (QED) is 0.205.